The average Bonchev–Trinajstić information content (AvgIpc) is 2.93. The number of hydrogen-bond donors (Lipinski definition) is 2. The molecular formula is C16H12FN3O. The van der Waals surface area contributed by atoms with E-state index in [0.717, 1.165) is 10.9 Å². The van der Waals surface area contributed by atoms with Crippen molar-refractivity contribution in [2.24, 2.45) is 5.10 Å². The van der Waals surface area contributed by atoms with Crippen LogP contribution in [-0.2, 0) is 0 Å². The molecule has 4 nitrogen and oxygen atoms in total. The number of nitrogens with zero attached hydrogens (tertiary/aromatic N) is 1. The van der Waals surface area contributed by atoms with Crippen molar-refractivity contribution < 1.29 is 9.18 Å². The number of para-hydroxylation sites is 1. The Morgan fingerprint density at radius 2 is 1.90 bits per heavy atom. The summed E-state index contributed by atoms with van der Waals surface area (Å²) < 4.78 is 12.8. The molecule has 1 aromatic heterocycles. The van der Waals surface area contributed by atoms with Crippen LogP contribution in [0.25, 0.3) is 10.9 Å². The first kappa shape index (κ1) is 13.1. The molecule has 0 atom stereocenters. The minimum absolute atomic E-state index is 0.300. The third kappa shape index (κ3) is 2.81. The lowest BCUT2D eigenvalue weighted by atomic mass is 10.2. The molecule has 2 aromatic carbocycles. The van der Waals surface area contributed by atoms with Crippen LogP contribution in [0.15, 0.2) is 59.8 Å². The normalized spacial score (nSPS) is 11.1. The lowest BCUT2D eigenvalue weighted by Gasteiger charge is -1.98. The summed E-state index contributed by atoms with van der Waals surface area (Å²) in [6.07, 6.45) is 3.11. The van der Waals surface area contributed by atoms with Crippen molar-refractivity contribution in [1.29, 1.82) is 0 Å². The fourth-order valence-corrected chi connectivity index (χ4v) is 2.03. The Labute approximate surface area is 120 Å². The van der Waals surface area contributed by atoms with Crippen molar-refractivity contribution >= 4 is 23.0 Å². The zero-order chi connectivity index (χ0) is 14.7. The summed E-state index contributed by atoms with van der Waals surface area (Å²) in [6, 6.07) is 13.4. The van der Waals surface area contributed by atoms with E-state index in [-0.39, 0.29) is 11.7 Å². The number of amides is 1. The highest BCUT2D eigenvalue weighted by atomic mass is 19.1. The van der Waals surface area contributed by atoms with E-state index in [2.05, 4.69) is 15.5 Å². The highest BCUT2D eigenvalue weighted by Crippen LogP contribution is 2.17. The van der Waals surface area contributed by atoms with E-state index in [1.54, 1.807) is 18.3 Å². The topological polar surface area (TPSA) is 57.2 Å². The van der Waals surface area contributed by atoms with E-state index in [0.29, 0.717) is 11.1 Å². The second-order valence-electron chi connectivity index (χ2n) is 4.50. The Bertz CT molecular complexity index is 806. The van der Waals surface area contributed by atoms with Crippen molar-refractivity contribution in [1.82, 2.24) is 10.4 Å². The summed E-state index contributed by atoms with van der Waals surface area (Å²) in [5.74, 6) is -0.610. The van der Waals surface area contributed by atoms with Crippen molar-refractivity contribution in [2.75, 3.05) is 0 Å². The van der Waals surface area contributed by atoms with Crippen LogP contribution < -0.4 is 5.43 Å². The molecule has 1 amide bonds. The van der Waals surface area contributed by atoms with Gasteiger partial charge in [0.15, 0.2) is 0 Å². The smallest absolute Gasteiger partial charge is 0.273 e. The van der Waals surface area contributed by atoms with Gasteiger partial charge in [0.2, 0.25) is 0 Å². The number of aromatic amines is 1. The molecule has 5 heteroatoms. The number of carbonyl (C=O) groups excluding carboxylic acids is 1. The van der Waals surface area contributed by atoms with Crippen molar-refractivity contribution in [3.8, 4) is 0 Å². The number of carbonyl (C=O) groups is 1. The summed E-state index contributed by atoms with van der Waals surface area (Å²) in [5, 5.41) is 4.71. The Morgan fingerprint density at radius 3 is 2.71 bits per heavy atom. The maximum absolute atomic E-state index is 12.8. The highest BCUT2D eigenvalue weighted by molar-refractivity contribution is 6.06. The molecule has 1 heterocycles. The molecule has 0 saturated carbocycles. The Morgan fingerprint density at radius 1 is 1.14 bits per heavy atom. The molecule has 2 N–H and O–H groups in total. The van der Waals surface area contributed by atoms with Gasteiger partial charge >= 0.3 is 0 Å². The monoisotopic (exact) mass is 281 g/mol. The van der Waals surface area contributed by atoms with Gasteiger partial charge in [0.25, 0.3) is 5.91 Å². The number of fused-ring (bicyclic) bond motifs is 1. The summed E-state index contributed by atoms with van der Waals surface area (Å²) >= 11 is 0. The van der Waals surface area contributed by atoms with Gasteiger partial charge in [0, 0.05) is 17.1 Å². The van der Waals surface area contributed by atoms with E-state index in [1.807, 2.05) is 24.3 Å². The number of halogens is 1. The molecular weight excluding hydrogens is 269 g/mol. The molecule has 0 aliphatic heterocycles. The number of benzene rings is 2. The summed E-state index contributed by atoms with van der Waals surface area (Å²) in [4.78, 5) is 15.1. The number of nitrogens with one attached hydrogen (secondary N) is 2. The van der Waals surface area contributed by atoms with Gasteiger partial charge in [-0.15, -0.1) is 0 Å². The molecule has 0 bridgehead atoms. The second kappa shape index (κ2) is 5.58. The van der Waals surface area contributed by atoms with E-state index < -0.39 is 0 Å². The predicted octanol–water partition coefficient (Wildman–Crippen LogP) is 3.07. The van der Waals surface area contributed by atoms with Crippen LogP contribution >= 0.6 is 0 Å². The van der Waals surface area contributed by atoms with E-state index in [1.165, 1.54) is 18.3 Å². The van der Waals surface area contributed by atoms with Crippen LogP contribution in [0.1, 0.15) is 15.9 Å². The Hall–Kier alpha value is -2.95. The molecule has 0 fully saturated rings. The maximum Gasteiger partial charge on any atom is 0.273 e. The molecule has 21 heavy (non-hydrogen) atoms. The van der Waals surface area contributed by atoms with E-state index in [4.69, 9.17) is 0 Å². The molecule has 0 aliphatic carbocycles. The van der Waals surface area contributed by atoms with Gasteiger partial charge in [0.1, 0.15) is 5.82 Å². The SMILES string of the molecule is O=C(N/N=C/c1ccc(F)cc1)c1c[nH]c2ccccc12. The molecule has 3 rings (SSSR count). The summed E-state index contributed by atoms with van der Waals surface area (Å²) in [5.41, 5.74) is 4.58. The summed E-state index contributed by atoms with van der Waals surface area (Å²) in [6.45, 7) is 0. The van der Waals surface area contributed by atoms with Gasteiger partial charge in [0.05, 0.1) is 11.8 Å². The Balaban J connectivity index is 1.73. The first-order chi connectivity index (χ1) is 10.2. The third-order valence-electron chi connectivity index (χ3n) is 3.08. The fraction of sp³-hybridized carbons (Fsp3) is 0. The number of H-pyrrole nitrogens is 1. The highest BCUT2D eigenvalue weighted by Gasteiger charge is 2.10. The van der Waals surface area contributed by atoms with Gasteiger partial charge < -0.3 is 4.98 Å². The van der Waals surface area contributed by atoms with E-state index in [9.17, 15) is 9.18 Å². The van der Waals surface area contributed by atoms with Gasteiger partial charge in [-0.1, -0.05) is 30.3 Å². The molecule has 3 aromatic rings. The number of rotatable bonds is 3. The van der Waals surface area contributed by atoms with Gasteiger partial charge in [-0.2, -0.15) is 5.10 Å². The minimum atomic E-state index is -0.310. The van der Waals surface area contributed by atoms with Gasteiger partial charge in [-0.3, -0.25) is 4.79 Å². The lowest BCUT2D eigenvalue weighted by molar-refractivity contribution is 0.0957. The zero-order valence-corrected chi connectivity index (χ0v) is 11.0. The van der Waals surface area contributed by atoms with Crippen molar-refractivity contribution in [3.63, 3.8) is 0 Å². The van der Waals surface area contributed by atoms with Crippen LogP contribution in [0.3, 0.4) is 0 Å². The zero-order valence-electron chi connectivity index (χ0n) is 11.0. The molecule has 0 radical (unpaired) electrons. The standard InChI is InChI=1S/C16H12FN3O/c17-12-7-5-11(6-8-12)9-19-20-16(21)14-10-18-15-4-2-1-3-13(14)15/h1-10,18H,(H,20,21)/b19-9+. The number of hydrogen-bond acceptors (Lipinski definition) is 2. The van der Waals surface area contributed by atoms with Crippen LogP contribution in [0.2, 0.25) is 0 Å². The number of aromatic nitrogens is 1. The van der Waals surface area contributed by atoms with Crippen molar-refractivity contribution in [2.45, 2.75) is 0 Å². The average molecular weight is 281 g/mol. The number of hydrazone groups is 1. The summed E-state index contributed by atoms with van der Waals surface area (Å²) in [7, 11) is 0. The molecule has 0 unspecified atom stereocenters. The lowest BCUT2D eigenvalue weighted by Crippen LogP contribution is -2.17. The van der Waals surface area contributed by atoms with Gasteiger partial charge in [-0.25, -0.2) is 9.82 Å². The predicted molar refractivity (Wildman–Crippen MR) is 79.8 cm³/mol. The third-order valence-corrected chi connectivity index (χ3v) is 3.08. The van der Waals surface area contributed by atoms with Crippen molar-refractivity contribution in [3.05, 3.63) is 71.7 Å². The van der Waals surface area contributed by atoms with Crippen LogP contribution in [0.5, 0.6) is 0 Å². The van der Waals surface area contributed by atoms with Crippen LogP contribution in [0, 0.1) is 5.82 Å². The molecule has 0 saturated heterocycles. The largest absolute Gasteiger partial charge is 0.360 e. The van der Waals surface area contributed by atoms with E-state index >= 15 is 0 Å². The van der Waals surface area contributed by atoms with Crippen LogP contribution in [-0.4, -0.2) is 17.1 Å². The first-order valence-corrected chi connectivity index (χ1v) is 6.39. The van der Waals surface area contributed by atoms with Crippen LogP contribution in [0.4, 0.5) is 4.39 Å². The van der Waals surface area contributed by atoms with Gasteiger partial charge in [-0.05, 0) is 23.8 Å². The quantitative estimate of drug-likeness (QED) is 0.562. The first-order valence-electron chi connectivity index (χ1n) is 6.39. The molecule has 104 valence electrons. The fourth-order valence-electron chi connectivity index (χ4n) is 2.03. The maximum atomic E-state index is 12.8. The Kier molecular flexibility index (Phi) is 3.47. The molecule has 0 spiro atoms. The molecule has 0 aliphatic rings. The second-order valence-corrected chi connectivity index (χ2v) is 4.50. The minimum Gasteiger partial charge on any atom is -0.360 e.